The molecule has 4 nitrogen and oxygen atoms in total. The Morgan fingerprint density at radius 3 is 2.75 bits per heavy atom. The van der Waals surface area contributed by atoms with Crippen LogP contribution in [0.2, 0.25) is 0 Å². The zero-order chi connectivity index (χ0) is 14.4. The molecule has 1 heterocycles. The normalized spacial score (nSPS) is 19.8. The second-order valence-corrected chi connectivity index (χ2v) is 5.41. The number of benzene rings is 1. The fourth-order valence-corrected chi connectivity index (χ4v) is 2.64. The fourth-order valence-electron chi connectivity index (χ4n) is 2.64. The number of aromatic carboxylic acids is 1. The van der Waals surface area contributed by atoms with E-state index in [0.29, 0.717) is 18.2 Å². The maximum atomic E-state index is 10.7. The van der Waals surface area contributed by atoms with Gasteiger partial charge in [-0.05, 0) is 57.0 Å². The van der Waals surface area contributed by atoms with E-state index in [1.807, 2.05) is 0 Å². The first-order valence-corrected chi connectivity index (χ1v) is 7.37. The zero-order valence-electron chi connectivity index (χ0n) is 12.0. The number of ether oxygens (including phenoxy) is 1. The minimum Gasteiger partial charge on any atom is -0.494 e. The Bertz CT molecular complexity index is 430. The predicted octanol–water partition coefficient (Wildman–Crippen LogP) is 3.03. The SMILES string of the molecule is CC1CCCCN1CCCOc1ccc(C(=O)O)cc1. The first kappa shape index (κ1) is 14.9. The van der Waals surface area contributed by atoms with Crippen LogP contribution in [0.1, 0.15) is 43.0 Å². The van der Waals surface area contributed by atoms with Crippen LogP contribution < -0.4 is 4.74 Å². The molecule has 1 N–H and O–H groups in total. The van der Waals surface area contributed by atoms with E-state index in [0.717, 1.165) is 18.7 Å². The molecule has 1 saturated heterocycles. The molecule has 1 unspecified atom stereocenters. The van der Waals surface area contributed by atoms with Gasteiger partial charge in [0.15, 0.2) is 0 Å². The van der Waals surface area contributed by atoms with Crippen LogP contribution in [0.4, 0.5) is 0 Å². The Kier molecular flexibility index (Phi) is 5.41. The molecular weight excluding hydrogens is 254 g/mol. The highest BCUT2D eigenvalue weighted by Crippen LogP contribution is 2.17. The lowest BCUT2D eigenvalue weighted by molar-refractivity contribution is 0.0697. The third kappa shape index (κ3) is 4.23. The molecule has 4 heteroatoms. The molecule has 0 amide bonds. The summed E-state index contributed by atoms with van der Waals surface area (Å²) in [6.07, 6.45) is 4.97. The smallest absolute Gasteiger partial charge is 0.335 e. The van der Waals surface area contributed by atoms with E-state index < -0.39 is 5.97 Å². The van der Waals surface area contributed by atoms with E-state index >= 15 is 0 Å². The Labute approximate surface area is 120 Å². The molecule has 1 aromatic rings. The summed E-state index contributed by atoms with van der Waals surface area (Å²) in [6, 6.07) is 7.27. The number of rotatable bonds is 6. The van der Waals surface area contributed by atoms with Crippen LogP contribution in [0.3, 0.4) is 0 Å². The van der Waals surface area contributed by atoms with E-state index in [-0.39, 0.29) is 0 Å². The van der Waals surface area contributed by atoms with Crippen molar-refractivity contribution in [2.24, 2.45) is 0 Å². The van der Waals surface area contributed by atoms with Gasteiger partial charge in [-0.25, -0.2) is 4.79 Å². The van der Waals surface area contributed by atoms with Crippen LogP contribution >= 0.6 is 0 Å². The number of hydrogen-bond donors (Lipinski definition) is 1. The van der Waals surface area contributed by atoms with Crippen LogP contribution in [0.5, 0.6) is 5.75 Å². The van der Waals surface area contributed by atoms with Gasteiger partial charge in [-0.2, -0.15) is 0 Å². The van der Waals surface area contributed by atoms with Gasteiger partial charge < -0.3 is 14.7 Å². The predicted molar refractivity (Wildman–Crippen MR) is 78.4 cm³/mol. The van der Waals surface area contributed by atoms with Gasteiger partial charge in [-0.3, -0.25) is 0 Å². The Balaban J connectivity index is 1.69. The molecule has 0 bridgehead atoms. The highest BCUT2D eigenvalue weighted by molar-refractivity contribution is 5.87. The maximum Gasteiger partial charge on any atom is 0.335 e. The fraction of sp³-hybridized carbons (Fsp3) is 0.562. The number of piperidine rings is 1. The van der Waals surface area contributed by atoms with Gasteiger partial charge in [-0.15, -0.1) is 0 Å². The highest BCUT2D eigenvalue weighted by Gasteiger charge is 2.17. The van der Waals surface area contributed by atoms with Gasteiger partial charge >= 0.3 is 5.97 Å². The van der Waals surface area contributed by atoms with Crippen molar-refractivity contribution < 1.29 is 14.6 Å². The van der Waals surface area contributed by atoms with E-state index in [9.17, 15) is 4.79 Å². The number of carboxylic acid groups (broad SMARTS) is 1. The minimum atomic E-state index is -0.907. The van der Waals surface area contributed by atoms with Crippen molar-refractivity contribution >= 4 is 5.97 Å². The summed E-state index contributed by atoms with van der Waals surface area (Å²) in [5.41, 5.74) is 0.291. The van der Waals surface area contributed by atoms with E-state index in [4.69, 9.17) is 9.84 Å². The van der Waals surface area contributed by atoms with E-state index in [2.05, 4.69) is 11.8 Å². The number of nitrogens with zero attached hydrogens (tertiary/aromatic N) is 1. The van der Waals surface area contributed by atoms with Crippen molar-refractivity contribution in [1.82, 2.24) is 4.90 Å². The van der Waals surface area contributed by atoms with Crippen molar-refractivity contribution in [3.8, 4) is 5.75 Å². The summed E-state index contributed by atoms with van der Waals surface area (Å²) in [5, 5.41) is 8.81. The molecule has 1 atom stereocenters. The summed E-state index contributed by atoms with van der Waals surface area (Å²) in [7, 11) is 0. The Morgan fingerprint density at radius 2 is 2.10 bits per heavy atom. The zero-order valence-corrected chi connectivity index (χ0v) is 12.0. The first-order valence-electron chi connectivity index (χ1n) is 7.37. The minimum absolute atomic E-state index is 0.291. The molecule has 2 rings (SSSR count). The molecule has 1 aliphatic heterocycles. The van der Waals surface area contributed by atoms with Crippen LogP contribution in [0, 0.1) is 0 Å². The molecule has 0 aromatic heterocycles. The number of carboxylic acids is 1. The van der Waals surface area contributed by atoms with Crippen LogP contribution in [-0.2, 0) is 0 Å². The highest BCUT2D eigenvalue weighted by atomic mass is 16.5. The van der Waals surface area contributed by atoms with Gasteiger partial charge in [0.05, 0.1) is 12.2 Å². The Hall–Kier alpha value is -1.55. The maximum absolute atomic E-state index is 10.7. The van der Waals surface area contributed by atoms with E-state index in [1.165, 1.54) is 25.8 Å². The molecule has 0 saturated carbocycles. The summed E-state index contributed by atoms with van der Waals surface area (Å²) in [4.78, 5) is 13.3. The number of likely N-dealkylation sites (tertiary alicyclic amines) is 1. The van der Waals surface area contributed by atoms with Crippen molar-refractivity contribution in [3.63, 3.8) is 0 Å². The molecule has 1 fully saturated rings. The van der Waals surface area contributed by atoms with Crippen molar-refractivity contribution in [3.05, 3.63) is 29.8 Å². The Morgan fingerprint density at radius 1 is 1.35 bits per heavy atom. The van der Waals surface area contributed by atoms with Crippen LogP contribution in [-0.4, -0.2) is 41.7 Å². The molecule has 0 radical (unpaired) electrons. The quantitative estimate of drug-likeness (QED) is 0.812. The molecule has 1 aromatic carbocycles. The average molecular weight is 277 g/mol. The molecule has 0 spiro atoms. The van der Waals surface area contributed by atoms with Crippen LogP contribution in [0.25, 0.3) is 0 Å². The summed E-state index contributed by atoms with van der Waals surface area (Å²) in [6.45, 7) is 5.25. The molecule has 110 valence electrons. The largest absolute Gasteiger partial charge is 0.494 e. The summed E-state index contributed by atoms with van der Waals surface area (Å²) < 4.78 is 5.65. The molecule has 20 heavy (non-hydrogen) atoms. The second kappa shape index (κ2) is 7.29. The number of hydrogen-bond acceptors (Lipinski definition) is 3. The third-order valence-corrected chi connectivity index (χ3v) is 3.90. The van der Waals surface area contributed by atoms with Crippen molar-refractivity contribution in [2.75, 3.05) is 19.7 Å². The van der Waals surface area contributed by atoms with Crippen molar-refractivity contribution in [2.45, 2.75) is 38.6 Å². The lowest BCUT2D eigenvalue weighted by Crippen LogP contribution is -2.38. The first-order chi connectivity index (χ1) is 9.66. The number of carbonyl (C=O) groups is 1. The summed E-state index contributed by atoms with van der Waals surface area (Å²) >= 11 is 0. The standard InChI is InChI=1S/C16H23NO3/c1-13-5-2-3-10-17(13)11-4-12-20-15-8-6-14(7-9-15)16(18)19/h6-9,13H,2-5,10-12H2,1H3,(H,18,19). The van der Waals surface area contributed by atoms with Gasteiger partial charge in [0.1, 0.15) is 5.75 Å². The third-order valence-electron chi connectivity index (χ3n) is 3.90. The second-order valence-electron chi connectivity index (χ2n) is 5.41. The molecule has 0 aliphatic carbocycles. The molecular formula is C16H23NO3. The lowest BCUT2D eigenvalue weighted by atomic mass is 10.0. The monoisotopic (exact) mass is 277 g/mol. The van der Waals surface area contributed by atoms with Crippen molar-refractivity contribution in [1.29, 1.82) is 0 Å². The van der Waals surface area contributed by atoms with E-state index in [1.54, 1.807) is 24.3 Å². The van der Waals surface area contributed by atoms with Crippen LogP contribution in [0.15, 0.2) is 24.3 Å². The van der Waals surface area contributed by atoms with Gasteiger partial charge in [0.25, 0.3) is 0 Å². The summed E-state index contributed by atoms with van der Waals surface area (Å²) in [5.74, 6) is -0.169. The topological polar surface area (TPSA) is 49.8 Å². The van der Waals surface area contributed by atoms with Gasteiger partial charge in [0, 0.05) is 12.6 Å². The molecule has 1 aliphatic rings. The lowest BCUT2D eigenvalue weighted by Gasteiger charge is -2.33. The average Bonchev–Trinajstić information content (AvgIpc) is 2.46. The van der Waals surface area contributed by atoms with Gasteiger partial charge in [0.2, 0.25) is 0 Å². The van der Waals surface area contributed by atoms with Gasteiger partial charge in [-0.1, -0.05) is 6.42 Å².